The maximum atomic E-state index is 12.6. The quantitative estimate of drug-likeness (QED) is 0.933. The van der Waals surface area contributed by atoms with Crippen molar-refractivity contribution in [2.24, 2.45) is 13.0 Å². The lowest BCUT2D eigenvalue weighted by atomic mass is 10.1. The number of hydrogen-bond acceptors (Lipinski definition) is 3. The zero-order valence-corrected chi connectivity index (χ0v) is 12.4. The molecule has 6 heteroatoms. The highest BCUT2D eigenvalue weighted by atomic mass is 32.2. The van der Waals surface area contributed by atoms with Gasteiger partial charge in [-0.25, -0.2) is 13.1 Å². The summed E-state index contributed by atoms with van der Waals surface area (Å²) in [6, 6.07) is 7.34. The Hall–Kier alpha value is -1.37. The zero-order valence-electron chi connectivity index (χ0n) is 11.5. The number of nitrogens with zero attached hydrogens (tertiary/aromatic N) is 1. The second-order valence-corrected chi connectivity index (χ2v) is 7.05. The van der Waals surface area contributed by atoms with Gasteiger partial charge in [-0.15, -0.1) is 0 Å². The molecule has 1 aromatic carbocycles. The second-order valence-electron chi connectivity index (χ2n) is 5.36. The summed E-state index contributed by atoms with van der Waals surface area (Å²) < 4.78 is 35.1. The van der Waals surface area contributed by atoms with Gasteiger partial charge in [-0.05, 0) is 12.0 Å². The first-order valence-electron chi connectivity index (χ1n) is 6.63. The van der Waals surface area contributed by atoms with E-state index in [1.807, 2.05) is 42.8 Å². The Kier molecular flexibility index (Phi) is 3.32. The van der Waals surface area contributed by atoms with Crippen molar-refractivity contribution in [2.45, 2.75) is 17.9 Å². The van der Waals surface area contributed by atoms with Gasteiger partial charge in [-0.2, -0.15) is 0 Å². The zero-order chi connectivity index (χ0) is 14.3. The maximum absolute atomic E-state index is 12.6. The third-order valence-electron chi connectivity index (χ3n) is 3.82. The predicted molar refractivity (Wildman–Crippen MR) is 77.0 cm³/mol. The Morgan fingerprint density at radius 1 is 1.30 bits per heavy atom. The molecule has 20 heavy (non-hydrogen) atoms. The van der Waals surface area contributed by atoms with Crippen molar-refractivity contribution < 1.29 is 13.2 Å². The van der Waals surface area contributed by atoms with Crippen LogP contribution >= 0.6 is 0 Å². The van der Waals surface area contributed by atoms with Crippen LogP contribution in [0.25, 0.3) is 10.9 Å². The molecule has 1 aliphatic heterocycles. The average Bonchev–Trinajstić information content (AvgIpc) is 2.95. The molecule has 0 aliphatic carbocycles. The summed E-state index contributed by atoms with van der Waals surface area (Å²) in [5.74, 6) is 0.194. The van der Waals surface area contributed by atoms with E-state index in [1.54, 1.807) is 6.20 Å². The highest BCUT2D eigenvalue weighted by Gasteiger charge is 2.30. The SMILES string of the molecule is C[C@H]1COC[C@@H]1NS(=O)(=O)c1cn(C)c2ccccc12. The van der Waals surface area contributed by atoms with Crippen LogP contribution in [0.5, 0.6) is 0 Å². The van der Waals surface area contributed by atoms with E-state index in [0.717, 1.165) is 10.9 Å². The predicted octanol–water partition coefficient (Wildman–Crippen LogP) is 1.49. The van der Waals surface area contributed by atoms with Crippen LogP contribution in [-0.2, 0) is 21.8 Å². The van der Waals surface area contributed by atoms with Crippen LogP contribution < -0.4 is 4.72 Å². The number of hydrogen-bond donors (Lipinski definition) is 1. The first-order valence-corrected chi connectivity index (χ1v) is 8.11. The van der Waals surface area contributed by atoms with E-state index in [-0.39, 0.29) is 12.0 Å². The van der Waals surface area contributed by atoms with E-state index in [1.165, 1.54) is 0 Å². The number of rotatable bonds is 3. The van der Waals surface area contributed by atoms with Crippen LogP contribution in [-0.4, -0.2) is 32.2 Å². The summed E-state index contributed by atoms with van der Waals surface area (Å²) in [6.45, 7) is 3.02. The third-order valence-corrected chi connectivity index (χ3v) is 5.34. The molecule has 0 amide bonds. The minimum atomic E-state index is -3.53. The molecule has 1 aliphatic rings. The van der Waals surface area contributed by atoms with E-state index < -0.39 is 10.0 Å². The van der Waals surface area contributed by atoms with Crippen molar-refractivity contribution in [1.29, 1.82) is 0 Å². The molecule has 1 aromatic heterocycles. The molecule has 1 saturated heterocycles. The molecule has 3 rings (SSSR count). The summed E-state index contributed by atoms with van der Waals surface area (Å²) in [6.07, 6.45) is 1.66. The fourth-order valence-electron chi connectivity index (χ4n) is 2.59. The summed E-state index contributed by atoms with van der Waals surface area (Å²) in [7, 11) is -1.68. The number of nitrogens with one attached hydrogen (secondary N) is 1. The lowest BCUT2D eigenvalue weighted by Gasteiger charge is -2.15. The average molecular weight is 294 g/mol. The van der Waals surface area contributed by atoms with Gasteiger partial charge in [0.1, 0.15) is 4.90 Å². The fourth-order valence-corrected chi connectivity index (χ4v) is 4.18. The smallest absolute Gasteiger partial charge is 0.243 e. The largest absolute Gasteiger partial charge is 0.379 e. The Morgan fingerprint density at radius 2 is 2.05 bits per heavy atom. The lowest BCUT2D eigenvalue weighted by Crippen LogP contribution is -2.38. The molecule has 0 spiro atoms. The minimum absolute atomic E-state index is 0.154. The molecule has 108 valence electrons. The normalized spacial score (nSPS) is 23.5. The van der Waals surface area contributed by atoms with Crippen molar-refractivity contribution in [3.05, 3.63) is 30.5 Å². The molecule has 5 nitrogen and oxygen atoms in total. The summed E-state index contributed by atoms with van der Waals surface area (Å²) in [4.78, 5) is 0.328. The van der Waals surface area contributed by atoms with Gasteiger partial charge >= 0.3 is 0 Å². The van der Waals surface area contributed by atoms with Crippen molar-refractivity contribution in [2.75, 3.05) is 13.2 Å². The van der Waals surface area contributed by atoms with Crippen LogP contribution in [0, 0.1) is 5.92 Å². The molecule has 2 heterocycles. The van der Waals surface area contributed by atoms with Gasteiger partial charge in [0.2, 0.25) is 10.0 Å². The maximum Gasteiger partial charge on any atom is 0.243 e. The van der Waals surface area contributed by atoms with Crippen molar-refractivity contribution >= 4 is 20.9 Å². The van der Waals surface area contributed by atoms with Crippen LogP contribution in [0.15, 0.2) is 35.4 Å². The van der Waals surface area contributed by atoms with Gasteiger partial charge < -0.3 is 9.30 Å². The molecule has 0 radical (unpaired) electrons. The minimum Gasteiger partial charge on any atom is -0.379 e. The van der Waals surface area contributed by atoms with Gasteiger partial charge in [0.05, 0.1) is 19.3 Å². The number of benzene rings is 1. The van der Waals surface area contributed by atoms with Gasteiger partial charge in [0, 0.05) is 24.1 Å². The van der Waals surface area contributed by atoms with Crippen LogP contribution in [0.1, 0.15) is 6.92 Å². The van der Waals surface area contributed by atoms with Crippen LogP contribution in [0.2, 0.25) is 0 Å². The molecular formula is C14H18N2O3S. The van der Waals surface area contributed by atoms with E-state index in [4.69, 9.17) is 4.74 Å². The Morgan fingerprint density at radius 3 is 2.75 bits per heavy atom. The van der Waals surface area contributed by atoms with Gasteiger partial charge in [-0.1, -0.05) is 25.1 Å². The summed E-state index contributed by atoms with van der Waals surface area (Å²) in [5, 5.41) is 0.745. The number of fused-ring (bicyclic) bond motifs is 1. The first kappa shape index (κ1) is 13.6. The van der Waals surface area contributed by atoms with Crippen LogP contribution in [0.4, 0.5) is 0 Å². The number of aromatic nitrogens is 1. The molecule has 2 atom stereocenters. The fraction of sp³-hybridized carbons (Fsp3) is 0.429. The van der Waals surface area contributed by atoms with Gasteiger partial charge in [-0.3, -0.25) is 0 Å². The standard InChI is InChI=1S/C14H18N2O3S/c1-10-8-19-9-12(10)15-20(17,18)14-7-16(2)13-6-4-3-5-11(13)14/h3-7,10,12,15H,8-9H2,1-2H3/t10-,12-/m0/s1. The molecule has 0 bridgehead atoms. The highest BCUT2D eigenvalue weighted by molar-refractivity contribution is 7.89. The second kappa shape index (κ2) is 4.87. The van der Waals surface area contributed by atoms with E-state index in [9.17, 15) is 8.42 Å². The van der Waals surface area contributed by atoms with Crippen molar-refractivity contribution in [3.8, 4) is 0 Å². The van der Waals surface area contributed by atoms with Crippen molar-refractivity contribution in [3.63, 3.8) is 0 Å². The highest BCUT2D eigenvalue weighted by Crippen LogP contribution is 2.25. The molecule has 0 saturated carbocycles. The monoisotopic (exact) mass is 294 g/mol. The number of aryl methyl sites for hydroxylation is 1. The number of sulfonamides is 1. The van der Waals surface area contributed by atoms with E-state index >= 15 is 0 Å². The summed E-state index contributed by atoms with van der Waals surface area (Å²) in [5.41, 5.74) is 0.906. The molecule has 2 aromatic rings. The lowest BCUT2D eigenvalue weighted by molar-refractivity contribution is 0.185. The Bertz CT molecular complexity index is 736. The first-order chi connectivity index (χ1) is 9.49. The summed E-state index contributed by atoms with van der Waals surface area (Å²) >= 11 is 0. The van der Waals surface area contributed by atoms with Crippen molar-refractivity contribution in [1.82, 2.24) is 9.29 Å². The molecule has 0 unspecified atom stereocenters. The van der Waals surface area contributed by atoms with E-state index in [0.29, 0.717) is 18.1 Å². The Balaban J connectivity index is 2.01. The molecular weight excluding hydrogens is 276 g/mol. The van der Waals surface area contributed by atoms with E-state index in [2.05, 4.69) is 4.72 Å². The van der Waals surface area contributed by atoms with Gasteiger partial charge in [0.15, 0.2) is 0 Å². The number of para-hydroxylation sites is 1. The van der Waals surface area contributed by atoms with Crippen LogP contribution in [0.3, 0.4) is 0 Å². The molecule has 1 fully saturated rings. The van der Waals surface area contributed by atoms with Gasteiger partial charge in [0.25, 0.3) is 0 Å². The third kappa shape index (κ3) is 2.24. The Labute approximate surface area is 118 Å². The topological polar surface area (TPSA) is 60.3 Å². The molecule has 1 N–H and O–H groups in total. The number of ether oxygens (including phenoxy) is 1.